The molecule has 1 atom stereocenters. The number of piperidine rings is 1. The molecule has 1 aliphatic heterocycles. The van der Waals surface area contributed by atoms with Crippen molar-refractivity contribution in [3.63, 3.8) is 0 Å². The summed E-state index contributed by atoms with van der Waals surface area (Å²) >= 11 is 0. The van der Waals surface area contributed by atoms with Gasteiger partial charge in [0, 0.05) is 13.1 Å². The number of halogens is 1. The Morgan fingerprint density at radius 1 is 1.24 bits per heavy atom. The van der Waals surface area contributed by atoms with E-state index in [2.05, 4.69) is 12.2 Å². The molecule has 1 aliphatic rings. The summed E-state index contributed by atoms with van der Waals surface area (Å²) in [6.07, 6.45) is 5.33. The van der Waals surface area contributed by atoms with Crippen molar-refractivity contribution in [2.24, 2.45) is 5.92 Å². The average Bonchev–Trinajstić information content (AvgIpc) is 2.60. The van der Waals surface area contributed by atoms with Crippen molar-refractivity contribution >= 4 is 22.4 Å². The molecule has 1 fully saturated rings. The van der Waals surface area contributed by atoms with Gasteiger partial charge >= 0.3 is 0 Å². The van der Waals surface area contributed by atoms with Gasteiger partial charge < -0.3 is 10.1 Å². The molecule has 2 rings (SSSR count). The largest absolute Gasteiger partial charge is 0.494 e. The van der Waals surface area contributed by atoms with Crippen LogP contribution in [0.4, 0.5) is 0 Å². The molecule has 5 nitrogen and oxygen atoms in total. The molecule has 0 spiro atoms. The second kappa shape index (κ2) is 11.0. The van der Waals surface area contributed by atoms with Gasteiger partial charge in [-0.05, 0) is 63.0 Å². The molecule has 0 radical (unpaired) electrons. The minimum absolute atomic E-state index is 0. The molecular weight excluding hydrogens is 360 g/mol. The molecule has 0 amide bonds. The van der Waals surface area contributed by atoms with Crippen molar-refractivity contribution in [1.82, 2.24) is 9.62 Å². The van der Waals surface area contributed by atoms with E-state index in [0.717, 1.165) is 44.4 Å². The zero-order valence-corrected chi connectivity index (χ0v) is 16.9. The molecule has 7 heteroatoms. The van der Waals surface area contributed by atoms with E-state index in [-0.39, 0.29) is 12.4 Å². The summed E-state index contributed by atoms with van der Waals surface area (Å²) in [7, 11) is -1.50. The Labute approximate surface area is 158 Å². The second-order valence-electron chi connectivity index (χ2n) is 6.46. The number of sulfonamides is 1. The van der Waals surface area contributed by atoms with Gasteiger partial charge in [-0.15, -0.1) is 12.4 Å². The third-order valence-corrected chi connectivity index (χ3v) is 6.33. The first-order chi connectivity index (χ1) is 11.6. The van der Waals surface area contributed by atoms with Gasteiger partial charge in [-0.1, -0.05) is 19.8 Å². The highest BCUT2D eigenvalue weighted by Crippen LogP contribution is 2.25. The van der Waals surface area contributed by atoms with Crippen molar-refractivity contribution in [1.29, 1.82) is 0 Å². The maximum Gasteiger partial charge on any atom is 0.243 e. The van der Waals surface area contributed by atoms with Crippen LogP contribution in [0, 0.1) is 5.92 Å². The maximum absolute atomic E-state index is 12.8. The van der Waals surface area contributed by atoms with Crippen LogP contribution >= 0.6 is 12.4 Å². The molecule has 1 heterocycles. The summed E-state index contributed by atoms with van der Waals surface area (Å²) in [4.78, 5) is 0.355. The number of rotatable bonds is 9. The number of ether oxygens (including phenoxy) is 1. The molecule has 25 heavy (non-hydrogen) atoms. The van der Waals surface area contributed by atoms with Gasteiger partial charge in [0.15, 0.2) is 0 Å². The zero-order chi connectivity index (χ0) is 17.4. The smallest absolute Gasteiger partial charge is 0.243 e. The molecule has 1 aromatic rings. The Morgan fingerprint density at radius 3 is 2.60 bits per heavy atom. The minimum Gasteiger partial charge on any atom is -0.494 e. The molecule has 1 saturated heterocycles. The van der Waals surface area contributed by atoms with E-state index in [1.165, 1.54) is 0 Å². The number of nitrogens with zero attached hydrogens (tertiary/aromatic N) is 1. The fourth-order valence-electron chi connectivity index (χ4n) is 3.10. The van der Waals surface area contributed by atoms with Crippen molar-refractivity contribution in [2.45, 2.75) is 43.9 Å². The summed E-state index contributed by atoms with van der Waals surface area (Å²) in [5.74, 6) is 1.12. The van der Waals surface area contributed by atoms with Gasteiger partial charge in [-0.25, -0.2) is 8.42 Å². The second-order valence-corrected chi connectivity index (χ2v) is 8.39. The lowest BCUT2D eigenvalue weighted by Crippen LogP contribution is -2.42. The van der Waals surface area contributed by atoms with Gasteiger partial charge in [0.1, 0.15) is 5.75 Å². The van der Waals surface area contributed by atoms with E-state index in [1.807, 2.05) is 7.05 Å². The van der Waals surface area contributed by atoms with Crippen LogP contribution in [0.2, 0.25) is 0 Å². The Bertz CT molecular complexity index is 591. The van der Waals surface area contributed by atoms with E-state index >= 15 is 0 Å². The molecule has 144 valence electrons. The summed E-state index contributed by atoms with van der Waals surface area (Å²) in [5.41, 5.74) is 0. The predicted octanol–water partition coefficient (Wildman–Crippen LogP) is 3.30. The summed E-state index contributed by atoms with van der Waals surface area (Å²) < 4.78 is 32.9. The van der Waals surface area contributed by atoms with Crippen LogP contribution in [0.15, 0.2) is 29.2 Å². The number of unbranched alkanes of at least 4 members (excludes halogenated alkanes) is 2. The fourth-order valence-corrected chi connectivity index (χ4v) is 4.65. The van der Waals surface area contributed by atoms with E-state index < -0.39 is 10.0 Å². The third-order valence-electron chi connectivity index (χ3n) is 4.45. The van der Waals surface area contributed by atoms with Gasteiger partial charge in [0.05, 0.1) is 11.5 Å². The molecule has 1 N–H and O–H groups in total. The zero-order valence-electron chi connectivity index (χ0n) is 15.2. The lowest BCUT2D eigenvalue weighted by Gasteiger charge is -2.31. The molecule has 0 saturated carbocycles. The van der Waals surface area contributed by atoms with Crippen molar-refractivity contribution in [3.05, 3.63) is 24.3 Å². The first-order valence-electron chi connectivity index (χ1n) is 8.95. The first kappa shape index (κ1) is 22.2. The quantitative estimate of drug-likeness (QED) is 0.657. The van der Waals surface area contributed by atoms with Crippen LogP contribution in [0.3, 0.4) is 0 Å². The Balaban J connectivity index is 0.00000312. The third kappa shape index (κ3) is 6.44. The Kier molecular flexibility index (Phi) is 9.79. The molecular formula is C18H31ClN2O3S. The average molecular weight is 391 g/mol. The lowest BCUT2D eigenvalue weighted by atomic mass is 10.00. The van der Waals surface area contributed by atoms with Crippen molar-refractivity contribution in [3.8, 4) is 5.75 Å². The number of hydrogen-bond acceptors (Lipinski definition) is 4. The van der Waals surface area contributed by atoms with E-state index in [1.54, 1.807) is 28.6 Å². The Hall–Kier alpha value is -0.820. The fraction of sp³-hybridized carbons (Fsp3) is 0.667. The topological polar surface area (TPSA) is 58.6 Å². The SMILES string of the molecule is CCCCCOc1ccc(S(=O)(=O)N2CCCC(CNC)C2)cc1.Cl. The van der Waals surface area contributed by atoms with Gasteiger partial charge in [0.25, 0.3) is 0 Å². The van der Waals surface area contributed by atoms with Crippen LogP contribution in [0.25, 0.3) is 0 Å². The highest BCUT2D eigenvalue weighted by Gasteiger charge is 2.29. The molecule has 0 aliphatic carbocycles. The van der Waals surface area contributed by atoms with Gasteiger partial charge in [0.2, 0.25) is 10.0 Å². The first-order valence-corrected chi connectivity index (χ1v) is 10.4. The van der Waals surface area contributed by atoms with E-state index in [4.69, 9.17) is 4.74 Å². The molecule has 1 unspecified atom stereocenters. The standard InChI is InChI=1S/C18H30N2O3S.ClH/c1-3-4-5-13-23-17-8-10-18(11-9-17)24(21,22)20-12-6-7-16(15-20)14-19-2;/h8-11,16,19H,3-7,12-15H2,1-2H3;1H. The lowest BCUT2D eigenvalue weighted by molar-refractivity contribution is 0.263. The number of hydrogen-bond donors (Lipinski definition) is 1. The van der Waals surface area contributed by atoms with Gasteiger partial charge in [-0.2, -0.15) is 4.31 Å². The summed E-state index contributed by atoms with van der Waals surface area (Å²) in [6, 6.07) is 6.83. The van der Waals surface area contributed by atoms with Crippen LogP contribution in [-0.4, -0.2) is 46.0 Å². The maximum atomic E-state index is 12.8. The van der Waals surface area contributed by atoms with Crippen molar-refractivity contribution in [2.75, 3.05) is 33.3 Å². The van der Waals surface area contributed by atoms with Crippen molar-refractivity contribution < 1.29 is 13.2 Å². The molecule has 0 bridgehead atoms. The minimum atomic E-state index is -3.41. The van der Waals surface area contributed by atoms with Crippen LogP contribution in [0.1, 0.15) is 39.0 Å². The normalized spacial score (nSPS) is 18.6. The van der Waals surface area contributed by atoms with E-state index in [9.17, 15) is 8.42 Å². The predicted molar refractivity (Wildman–Crippen MR) is 104 cm³/mol. The highest BCUT2D eigenvalue weighted by molar-refractivity contribution is 7.89. The van der Waals surface area contributed by atoms with Crippen LogP contribution in [-0.2, 0) is 10.0 Å². The molecule has 0 aromatic heterocycles. The van der Waals surface area contributed by atoms with Gasteiger partial charge in [-0.3, -0.25) is 0 Å². The molecule has 1 aromatic carbocycles. The van der Waals surface area contributed by atoms with E-state index in [0.29, 0.717) is 30.5 Å². The highest BCUT2D eigenvalue weighted by atomic mass is 35.5. The monoisotopic (exact) mass is 390 g/mol. The summed E-state index contributed by atoms with van der Waals surface area (Å²) in [5, 5.41) is 3.15. The Morgan fingerprint density at radius 2 is 1.96 bits per heavy atom. The number of nitrogens with one attached hydrogen (secondary N) is 1. The summed E-state index contributed by atoms with van der Waals surface area (Å²) in [6.45, 7) is 4.89. The van der Waals surface area contributed by atoms with Crippen LogP contribution in [0.5, 0.6) is 5.75 Å². The van der Waals surface area contributed by atoms with Crippen LogP contribution < -0.4 is 10.1 Å². The number of benzene rings is 1.